The number of aromatic nitrogens is 1. The van der Waals surface area contributed by atoms with Gasteiger partial charge in [0.15, 0.2) is 0 Å². The van der Waals surface area contributed by atoms with Crippen molar-refractivity contribution in [2.24, 2.45) is 0 Å². The monoisotopic (exact) mass is 398 g/mol. The van der Waals surface area contributed by atoms with Crippen molar-refractivity contribution in [3.63, 3.8) is 0 Å². The van der Waals surface area contributed by atoms with Crippen LogP contribution < -0.4 is 10.1 Å². The van der Waals surface area contributed by atoms with E-state index in [1.54, 1.807) is 12.1 Å². The Bertz CT molecular complexity index is 1040. The third-order valence-electron chi connectivity index (χ3n) is 5.18. The number of fused-ring (bicyclic) bond motifs is 1. The maximum Gasteiger partial charge on any atom is 0.258 e. The molecule has 7 heteroatoms. The Morgan fingerprint density at radius 1 is 1.34 bits per heavy atom. The molecule has 4 rings (SSSR count). The van der Waals surface area contributed by atoms with Gasteiger partial charge in [-0.1, -0.05) is 6.07 Å². The molecule has 2 aromatic carbocycles. The van der Waals surface area contributed by atoms with Gasteiger partial charge in [-0.2, -0.15) is 0 Å². The predicted octanol–water partition coefficient (Wildman–Crippen LogP) is 3.92. The minimum atomic E-state index is -0.645. The number of nitrogens with one attached hydrogen (secondary N) is 2. The molecule has 0 spiro atoms. The van der Waals surface area contributed by atoms with Gasteiger partial charge in [0.05, 0.1) is 23.8 Å². The van der Waals surface area contributed by atoms with E-state index in [1.165, 1.54) is 12.1 Å². The molecule has 2 heterocycles. The summed E-state index contributed by atoms with van der Waals surface area (Å²) in [6, 6.07) is 9.68. The molecule has 0 radical (unpaired) electrons. The minimum absolute atomic E-state index is 0.0401. The average molecular weight is 398 g/mol. The van der Waals surface area contributed by atoms with Crippen LogP contribution >= 0.6 is 0 Å². The fraction of sp³-hybridized carbons (Fsp3) is 0.318. The standard InChI is InChI=1S/C22H23FN2O4/c1-13-20(7-4-14-9-15(11-26)24-21(13)14)25-22(27)18-6-5-16(10-19(18)23)29-12-17-3-2-8-28-17/h4-7,9-10,17,24,26H,2-3,8,11-12H2,1H3,(H,25,27)/t17-/m0/s1. The van der Waals surface area contributed by atoms with Crippen molar-refractivity contribution in [1.82, 2.24) is 4.98 Å². The number of amides is 1. The van der Waals surface area contributed by atoms with Gasteiger partial charge < -0.3 is 24.9 Å². The van der Waals surface area contributed by atoms with Crippen LogP contribution in [0.15, 0.2) is 36.4 Å². The molecule has 1 fully saturated rings. The van der Waals surface area contributed by atoms with Crippen molar-refractivity contribution >= 4 is 22.5 Å². The molecule has 1 saturated heterocycles. The van der Waals surface area contributed by atoms with E-state index in [-0.39, 0.29) is 18.3 Å². The molecule has 1 aliphatic heterocycles. The van der Waals surface area contributed by atoms with E-state index in [0.717, 1.165) is 35.9 Å². The second kappa shape index (κ2) is 8.23. The van der Waals surface area contributed by atoms with E-state index in [9.17, 15) is 14.3 Å². The fourth-order valence-corrected chi connectivity index (χ4v) is 3.55. The zero-order chi connectivity index (χ0) is 20.4. The van der Waals surface area contributed by atoms with E-state index in [2.05, 4.69) is 10.3 Å². The number of aromatic amines is 1. The number of hydrogen-bond donors (Lipinski definition) is 3. The Hall–Kier alpha value is -2.90. The Morgan fingerprint density at radius 2 is 2.21 bits per heavy atom. The summed E-state index contributed by atoms with van der Waals surface area (Å²) in [6.07, 6.45) is 1.99. The number of anilines is 1. The third-order valence-corrected chi connectivity index (χ3v) is 5.18. The van der Waals surface area contributed by atoms with Crippen LogP contribution in [0, 0.1) is 12.7 Å². The lowest BCUT2D eigenvalue weighted by atomic mass is 10.1. The average Bonchev–Trinajstić information content (AvgIpc) is 3.38. The van der Waals surface area contributed by atoms with Gasteiger partial charge in [-0.15, -0.1) is 0 Å². The molecule has 0 unspecified atom stereocenters. The molecule has 3 aromatic rings. The number of carbonyl (C=O) groups is 1. The lowest BCUT2D eigenvalue weighted by Crippen LogP contribution is -2.17. The summed E-state index contributed by atoms with van der Waals surface area (Å²) in [5, 5.41) is 13.0. The van der Waals surface area contributed by atoms with E-state index >= 15 is 0 Å². The Kier molecular flexibility index (Phi) is 5.51. The van der Waals surface area contributed by atoms with Crippen LogP contribution in [-0.4, -0.2) is 35.3 Å². The zero-order valence-electron chi connectivity index (χ0n) is 16.1. The third kappa shape index (κ3) is 4.11. The van der Waals surface area contributed by atoms with Crippen LogP contribution in [0.2, 0.25) is 0 Å². The Morgan fingerprint density at radius 3 is 2.93 bits per heavy atom. The summed E-state index contributed by atoms with van der Waals surface area (Å²) in [5.74, 6) is -0.812. The molecule has 152 valence electrons. The number of carbonyl (C=O) groups excluding carboxylic acids is 1. The molecule has 6 nitrogen and oxygen atoms in total. The van der Waals surface area contributed by atoms with Gasteiger partial charge in [-0.25, -0.2) is 4.39 Å². The van der Waals surface area contributed by atoms with Gasteiger partial charge in [0.2, 0.25) is 0 Å². The van der Waals surface area contributed by atoms with Crippen molar-refractivity contribution in [1.29, 1.82) is 0 Å². The van der Waals surface area contributed by atoms with Crippen LogP contribution in [0.1, 0.15) is 34.5 Å². The summed E-state index contributed by atoms with van der Waals surface area (Å²) in [5.41, 5.74) is 2.84. The summed E-state index contributed by atoms with van der Waals surface area (Å²) in [7, 11) is 0. The van der Waals surface area contributed by atoms with Gasteiger partial charge in [0.25, 0.3) is 5.91 Å². The van der Waals surface area contributed by atoms with E-state index in [1.807, 2.05) is 19.1 Å². The number of rotatable bonds is 6. The number of halogens is 1. The highest BCUT2D eigenvalue weighted by Gasteiger charge is 2.18. The number of ether oxygens (including phenoxy) is 2. The maximum absolute atomic E-state index is 14.5. The van der Waals surface area contributed by atoms with Gasteiger partial charge in [-0.05, 0) is 49.6 Å². The number of aryl methyl sites for hydroxylation is 1. The predicted molar refractivity (Wildman–Crippen MR) is 108 cm³/mol. The number of aliphatic hydroxyl groups is 1. The van der Waals surface area contributed by atoms with E-state index in [4.69, 9.17) is 9.47 Å². The Labute approximate surface area is 167 Å². The first-order valence-corrected chi connectivity index (χ1v) is 9.62. The molecule has 1 amide bonds. The highest BCUT2D eigenvalue weighted by atomic mass is 19.1. The van der Waals surface area contributed by atoms with Crippen molar-refractivity contribution < 1.29 is 23.8 Å². The second-order valence-corrected chi connectivity index (χ2v) is 7.20. The van der Waals surface area contributed by atoms with Crippen LogP contribution in [0.4, 0.5) is 10.1 Å². The normalized spacial score (nSPS) is 16.3. The molecule has 0 aliphatic carbocycles. The highest BCUT2D eigenvalue weighted by Crippen LogP contribution is 2.27. The molecule has 29 heavy (non-hydrogen) atoms. The molecule has 0 bridgehead atoms. The zero-order valence-corrected chi connectivity index (χ0v) is 16.1. The van der Waals surface area contributed by atoms with Crippen LogP contribution in [0.3, 0.4) is 0 Å². The van der Waals surface area contributed by atoms with Gasteiger partial charge in [0, 0.05) is 29.4 Å². The first-order valence-electron chi connectivity index (χ1n) is 9.62. The smallest absolute Gasteiger partial charge is 0.258 e. The van der Waals surface area contributed by atoms with E-state index in [0.29, 0.717) is 23.7 Å². The first kappa shape index (κ1) is 19.4. The number of H-pyrrole nitrogens is 1. The van der Waals surface area contributed by atoms with Crippen molar-refractivity contribution in [3.8, 4) is 5.75 Å². The van der Waals surface area contributed by atoms with Gasteiger partial charge >= 0.3 is 0 Å². The lowest BCUT2D eigenvalue weighted by molar-refractivity contribution is 0.0678. The fourth-order valence-electron chi connectivity index (χ4n) is 3.55. The molecular formula is C22H23FN2O4. The highest BCUT2D eigenvalue weighted by molar-refractivity contribution is 6.06. The summed E-state index contributed by atoms with van der Waals surface area (Å²) >= 11 is 0. The Balaban J connectivity index is 1.47. The van der Waals surface area contributed by atoms with Gasteiger partial charge in [-0.3, -0.25) is 4.79 Å². The number of aliphatic hydroxyl groups excluding tert-OH is 1. The molecule has 3 N–H and O–H groups in total. The van der Waals surface area contributed by atoms with Crippen molar-refractivity contribution in [2.45, 2.75) is 32.5 Å². The van der Waals surface area contributed by atoms with Gasteiger partial charge in [0.1, 0.15) is 18.2 Å². The SMILES string of the molecule is Cc1c(NC(=O)c2ccc(OC[C@@H]3CCCO3)cc2F)ccc2cc(CO)[nH]c12. The molecular weight excluding hydrogens is 375 g/mol. The van der Waals surface area contributed by atoms with E-state index < -0.39 is 11.7 Å². The summed E-state index contributed by atoms with van der Waals surface area (Å²) < 4.78 is 25.6. The second-order valence-electron chi connectivity index (χ2n) is 7.20. The van der Waals surface area contributed by atoms with Crippen molar-refractivity contribution in [2.75, 3.05) is 18.5 Å². The summed E-state index contributed by atoms with van der Waals surface area (Å²) in [4.78, 5) is 15.7. The van der Waals surface area contributed by atoms with Crippen LogP contribution in [0.25, 0.3) is 10.9 Å². The minimum Gasteiger partial charge on any atom is -0.491 e. The topological polar surface area (TPSA) is 83.6 Å². The summed E-state index contributed by atoms with van der Waals surface area (Å²) in [6.45, 7) is 2.86. The molecule has 1 aromatic heterocycles. The molecule has 1 aliphatic rings. The number of hydrogen-bond acceptors (Lipinski definition) is 4. The maximum atomic E-state index is 14.5. The quantitative estimate of drug-likeness (QED) is 0.588. The van der Waals surface area contributed by atoms with Crippen molar-refractivity contribution in [3.05, 3.63) is 59.0 Å². The largest absolute Gasteiger partial charge is 0.491 e. The molecule has 0 saturated carbocycles. The van der Waals surface area contributed by atoms with Crippen LogP contribution in [-0.2, 0) is 11.3 Å². The number of benzene rings is 2. The first-order chi connectivity index (χ1) is 14.0. The molecule has 1 atom stereocenters. The van der Waals surface area contributed by atoms with Crippen LogP contribution in [0.5, 0.6) is 5.75 Å². The lowest BCUT2D eigenvalue weighted by Gasteiger charge is -2.13.